The second kappa shape index (κ2) is 5.86. The van der Waals surface area contributed by atoms with Crippen molar-refractivity contribution in [1.29, 1.82) is 0 Å². The number of hydrogen-bond donors (Lipinski definition) is 0. The van der Waals surface area contributed by atoms with Crippen LogP contribution in [0.2, 0.25) is 5.02 Å². The van der Waals surface area contributed by atoms with E-state index in [2.05, 4.69) is 0 Å². The van der Waals surface area contributed by atoms with E-state index in [-0.39, 0.29) is 17.9 Å². The summed E-state index contributed by atoms with van der Waals surface area (Å²) in [6.07, 6.45) is 0. The van der Waals surface area contributed by atoms with Crippen molar-refractivity contribution in [2.45, 2.75) is 13.5 Å². The van der Waals surface area contributed by atoms with E-state index in [4.69, 9.17) is 16.3 Å². The highest BCUT2D eigenvalue weighted by Crippen LogP contribution is 2.35. The minimum absolute atomic E-state index is 0.274. The summed E-state index contributed by atoms with van der Waals surface area (Å²) in [6.45, 7) is 2.15. The Kier molecular flexibility index (Phi) is 4.04. The van der Waals surface area contributed by atoms with Gasteiger partial charge in [0.05, 0.1) is 0 Å². The normalized spacial score (nSPS) is 11.1. The first-order valence-corrected chi connectivity index (χ1v) is 8.16. The van der Waals surface area contributed by atoms with Crippen LogP contribution in [0.5, 0.6) is 5.75 Å². The van der Waals surface area contributed by atoms with Gasteiger partial charge >= 0.3 is 5.69 Å². The number of hydrogen-bond acceptors (Lipinski definition) is 4. The van der Waals surface area contributed by atoms with Gasteiger partial charge in [0, 0.05) is 29.6 Å². The number of nitrogens with zero attached hydrogens (tertiary/aromatic N) is 2. The van der Waals surface area contributed by atoms with Crippen LogP contribution in [0.4, 0.5) is 0 Å². The van der Waals surface area contributed by atoms with Crippen LogP contribution in [0.25, 0.3) is 10.2 Å². The average Bonchev–Trinajstić information content (AvgIpc) is 2.87. The van der Waals surface area contributed by atoms with E-state index < -0.39 is 0 Å². The number of halogens is 1. The molecule has 0 aliphatic rings. The van der Waals surface area contributed by atoms with E-state index in [1.54, 1.807) is 13.1 Å². The second-order valence-electron chi connectivity index (χ2n) is 5.25. The first-order valence-electron chi connectivity index (χ1n) is 6.97. The lowest BCUT2D eigenvalue weighted by Crippen LogP contribution is -2.36. The second-order valence-corrected chi connectivity index (χ2v) is 6.88. The Morgan fingerprint density at radius 1 is 1.17 bits per heavy atom. The third-order valence-electron chi connectivity index (χ3n) is 3.74. The molecule has 0 aliphatic heterocycles. The molecule has 0 amide bonds. The summed E-state index contributed by atoms with van der Waals surface area (Å²) in [6, 6.07) is 7.41. The lowest BCUT2D eigenvalue weighted by atomic mass is 10.2. The van der Waals surface area contributed by atoms with Crippen LogP contribution < -0.4 is 16.0 Å². The number of benzene rings is 1. The molecule has 0 bridgehead atoms. The standard InChI is InChI=1S/C16H15ClN2O3S/c1-9-13(22-8-10-6-4-5-7-11(10)17)12-14(23-9)15(20)19(3)16(21)18(12)2/h4-7H,8H2,1-3H3. The first-order chi connectivity index (χ1) is 10.9. The van der Waals surface area contributed by atoms with Gasteiger partial charge in [-0.3, -0.25) is 13.9 Å². The van der Waals surface area contributed by atoms with E-state index >= 15 is 0 Å². The van der Waals surface area contributed by atoms with Crippen molar-refractivity contribution in [3.8, 4) is 5.75 Å². The van der Waals surface area contributed by atoms with Crippen molar-refractivity contribution >= 4 is 33.2 Å². The molecule has 2 heterocycles. The van der Waals surface area contributed by atoms with E-state index in [0.717, 1.165) is 15.0 Å². The fourth-order valence-electron chi connectivity index (χ4n) is 2.46. The first kappa shape index (κ1) is 15.8. The molecule has 23 heavy (non-hydrogen) atoms. The molecule has 5 nitrogen and oxygen atoms in total. The quantitative estimate of drug-likeness (QED) is 0.730. The number of fused-ring (bicyclic) bond motifs is 1. The molecule has 0 fully saturated rings. The summed E-state index contributed by atoms with van der Waals surface area (Å²) < 4.78 is 8.97. The smallest absolute Gasteiger partial charge is 0.331 e. The lowest BCUT2D eigenvalue weighted by Gasteiger charge is -2.10. The molecule has 3 rings (SSSR count). The van der Waals surface area contributed by atoms with Crippen molar-refractivity contribution in [3.63, 3.8) is 0 Å². The number of ether oxygens (including phenoxy) is 1. The molecule has 0 N–H and O–H groups in total. The minimum Gasteiger partial charge on any atom is -0.485 e. The molecule has 1 aromatic carbocycles. The third-order valence-corrected chi connectivity index (χ3v) is 5.18. The maximum Gasteiger partial charge on any atom is 0.331 e. The van der Waals surface area contributed by atoms with Gasteiger partial charge in [-0.2, -0.15) is 0 Å². The fourth-order valence-corrected chi connectivity index (χ4v) is 3.76. The van der Waals surface area contributed by atoms with Crippen LogP contribution in [0.3, 0.4) is 0 Å². The Bertz CT molecular complexity index is 1020. The Morgan fingerprint density at radius 2 is 1.87 bits per heavy atom. The van der Waals surface area contributed by atoms with Crippen LogP contribution in [0.15, 0.2) is 33.9 Å². The van der Waals surface area contributed by atoms with Gasteiger partial charge in [-0.15, -0.1) is 11.3 Å². The maximum absolute atomic E-state index is 12.3. The predicted octanol–water partition coefficient (Wildman–Crippen LogP) is 2.84. The summed E-state index contributed by atoms with van der Waals surface area (Å²) in [7, 11) is 3.11. The van der Waals surface area contributed by atoms with Crippen LogP contribution in [-0.4, -0.2) is 9.13 Å². The van der Waals surface area contributed by atoms with Gasteiger partial charge in [-0.1, -0.05) is 29.8 Å². The largest absolute Gasteiger partial charge is 0.485 e. The SMILES string of the molecule is Cc1sc2c(=O)n(C)c(=O)n(C)c2c1OCc1ccccc1Cl. The zero-order chi connectivity index (χ0) is 16.7. The summed E-state index contributed by atoms with van der Waals surface area (Å²) in [5.41, 5.74) is 0.709. The van der Waals surface area contributed by atoms with Crippen molar-refractivity contribution in [2.75, 3.05) is 0 Å². The summed E-state index contributed by atoms with van der Waals surface area (Å²) in [5, 5.41) is 0.620. The number of aromatic nitrogens is 2. The van der Waals surface area contributed by atoms with Crippen molar-refractivity contribution < 1.29 is 4.74 Å². The number of thiophene rings is 1. The molecule has 0 spiro atoms. The molecule has 2 aromatic heterocycles. The highest BCUT2D eigenvalue weighted by atomic mass is 35.5. The van der Waals surface area contributed by atoms with Crippen molar-refractivity contribution in [1.82, 2.24) is 9.13 Å². The summed E-state index contributed by atoms with van der Waals surface area (Å²) in [5.74, 6) is 0.558. The van der Waals surface area contributed by atoms with Gasteiger partial charge < -0.3 is 4.74 Å². The Morgan fingerprint density at radius 3 is 2.57 bits per heavy atom. The molecule has 120 valence electrons. The third kappa shape index (κ3) is 2.58. The predicted molar refractivity (Wildman–Crippen MR) is 92.8 cm³/mol. The molecular weight excluding hydrogens is 336 g/mol. The molecule has 0 atom stereocenters. The number of rotatable bonds is 3. The zero-order valence-electron chi connectivity index (χ0n) is 12.9. The molecule has 0 unspecified atom stereocenters. The highest BCUT2D eigenvalue weighted by molar-refractivity contribution is 7.19. The topological polar surface area (TPSA) is 53.2 Å². The van der Waals surface area contributed by atoms with Gasteiger partial charge in [-0.05, 0) is 13.0 Å². The molecule has 3 aromatic rings. The zero-order valence-corrected chi connectivity index (χ0v) is 14.5. The van der Waals surface area contributed by atoms with Crippen molar-refractivity contribution in [3.05, 3.63) is 60.6 Å². The average molecular weight is 351 g/mol. The van der Waals surface area contributed by atoms with Gasteiger partial charge in [0.15, 0.2) is 5.75 Å². The van der Waals surface area contributed by atoms with E-state index in [0.29, 0.717) is 21.0 Å². The molecule has 7 heteroatoms. The van der Waals surface area contributed by atoms with Crippen LogP contribution >= 0.6 is 22.9 Å². The highest BCUT2D eigenvalue weighted by Gasteiger charge is 2.19. The summed E-state index contributed by atoms with van der Waals surface area (Å²) in [4.78, 5) is 25.3. The van der Waals surface area contributed by atoms with Crippen molar-refractivity contribution in [2.24, 2.45) is 14.1 Å². The molecule has 0 aliphatic carbocycles. The van der Waals surface area contributed by atoms with Crippen LogP contribution in [0, 0.1) is 6.92 Å². The van der Waals surface area contributed by atoms with Crippen LogP contribution in [0.1, 0.15) is 10.4 Å². The number of aryl methyl sites for hydroxylation is 2. The van der Waals surface area contributed by atoms with Gasteiger partial charge in [0.1, 0.15) is 16.8 Å². The Balaban J connectivity index is 2.12. The lowest BCUT2D eigenvalue weighted by molar-refractivity contribution is 0.308. The fraction of sp³-hybridized carbons (Fsp3) is 0.250. The Hall–Kier alpha value is -2.05. The molecule has 0 radical (unpaired) electrons. The molecular formula is C16H15ClN2O3S. The van der Waals surface area contributed by atoms with E-state index in [1.165, 1.54) is 23.0 Å². The Labute approximate surface area is 141 Å². The monoisotopic (exact) mass is 350 g/mol. The maximum atomic E-state index is 12.3. The van der Waals surface area contributed by atoms with Crippen LogP contribution in [-0.2, 0) is 20.7 Å². The van der Waals surface area contributed by atoms with Gasteiger partial charge in [0.25, 0.3) is 5.56 Å². The van der Waals surface area contributed by atoms with E-state index in [1.807, 2.05) is 25.1 Å². The summed E-state index contributed by atoms with van der Waals surface area (Å²) >= 11 is 7.47. The minimum atomic E-state index is -0.372. The van der Waals surface area contributed by atoms with E-state index in [9.17, 15) is 9.59 Å². The van der Waals surface area contributed by atoms with Gasteiger partial charge in [-0.25, -0.2) is 4.79 Å². The van der Waals surface area contributed by atoms with Gasteiger partial charge in [0.2, 0.25) is 0 Å². The molecule has 0 saturated carbocycles. The molecule has 0 saturated heterocycles.